The molecule has 1 aliphatic rings. The highest BCUT2D eigenvalue weighted by Crippen LogP contribution is 2.30. The van der Waals surface area contributed by atoms with Gasteiger partial charge >= 0.3 is 5.97 Å². The molecule has 0 heterocycles. The summed E-state index contributed by atoms with van der Waals surface area (Å²) >= 11 is 0. The summed E-state index contributed by atoms with van der Waals surface area (Å²) in [6.07, 6.45) is 1.81. The molecule has 0 radical (unpaired) electrons. The number of amides is 2. The molecule has 6 heteroatoms. The van der Waals surface area contributed by atoms with E-state index in [0.717, 1.165) is 12.8 Å². The molecule has 0 aliphatic heterocycles. The van der Waals surface area contributed by atoms with Crippen LogP contribution in [0.2, 0.25) is 0 Å². The van der Waals surface area contributed by atoms with E-state index >= 15 is 0 Å². The van der Waals surface area contributed by atoms with Crippen LogP contribution in [0.15, 0.2) is 24.3 Å². The van der Waals surface area contributed by atoms with Gasteiger partial charge in [-0.05, 0) is 38.0 Å². The third-order valence-electron chi connectivity index (χ3n) is 3.06. The number of nitrogens with one attached hydrogen (secondary N) is 2. The topological polar surface area (TPSA) is 95.5 Å². The van der Waals surface area contributed by atoms with Gasteiger partial charge < -0.3 is 15.7 Å². The predicted octanol–water partition coefficient (Wildman–Crippen LogP) is 1.24. The molecule has 2 amide bonds. The zero-order chi connectivity index (χ0) is 14.7. The maximum Gasteiger partial charge on any atom is 0.325 e. The highest BCUT2D eigenvalue weighted by molar-refractivity contribution is 5.99. The Morgan fingerprint density at radius 1 is 1.30 bits per heavy atom. The Labute approximate surface area is 116 Å². The van der Waals surface area contributed by atoms with Crippen LogP contribution in [0.1, 0.15) is 30.1 Å². The number of hydrogen-bond donors (Lipinski definition) is 3. The number of rotatable bonds is 5. The van der Waals surface area contributed by atoms with Crippen molar-refractivity contribution >= 4 is 23.5 Å². The van der Waals surface area contributed by atoms with Crippen LogP contribution in [-0.2, 0) is 9.59 Å². The average molecular weight is 276 g/mol. The number of hydrogen-bond acceptors (Lipinski definition) is 3. The minimum Gasteiger partial charge on any atom is -0.480 e. The smallest absolute Gasteiger partial charge is 0.325 e. The van der Waals surface area contributed by atoms with Crippen LogP contribution < -0.4 is 10.6 Å². The van der Waals surface area contributed by atoms with Crippen LogP contribution in [0.3, 0.4) is 0 Å². The third-order valence-corrected chi connectivity index (χ3v) is 3.06. The van der Waals surface area contributed by atoms with Crippen molar-refractivity contribution in [3.8, 4) is 0 Å². The summed E-state index contributed by atoms with van der Waals surface area (Å²) in [5.41, 5.74) is 0.851. The number of aliphatic carboxylic acids is 1. The van der Waals surface area contributed by atoms with Crippen molar-refractivity contribution < 1.29 is 19.5 Å². The molecule has 0 aromatic heterocycles. The van der Waals surface area contributed by atoms with Crippen molar-refractivity contribution in [2.75, 3.05) is 5.32 Å². The van der Waals surface area contributed by atoms with Crippen LogP contribution in [0.5, 0.6) is 0 Å². The van der Waals surface area contributed by atoms with E-state index in [1.165, 1.54) is 13.0 Å². The highest BCUT2D eigenvalue weighted by atomic mass is 16.4. The summed E-state index contributed by atoms with van der Waals surface area (Å²) in [6, 6.07) is 5.47. The molecule has 1 fully saturated rings. The summed E-state index contributed by atoms with van der Waals surface area (Å²) in [6.45, 7) is 1.39. The summed E-state index contributed by atoms with van der Waals surface area (Å²) in [4.78, 5) is 34.2. The fourth-order valence-electron chi connectivity index (χ4n) is 1.67. The molecule has 1 aliphatic carbocycles. The van der Waals surface area contributed by atoms with E-state index in [4.69, 9.17) is 5.11 Å². The van der Waals surface area contributed by atoms with Gasteiger partial charge in [0.15, 0.2) is 0 Å². The highest BCUT2D eigenvalue weighted by Gasteiger charge is 2.29. The molecule has 1 unspecified atom stereocenters. The molecule has 1 atom stereocenters. The molecule has 1 aromatic carbocycles. The Morgan fingerprint density at radius 3 is 2.60 bits per heavy atom. The largest absolute Gasteiger partial charge is 0.480 e. The first-order valence-corrected chi connectivity index (χ1v) is 6.42. The predicted molar refractivity (Wildman–Crippen MR) is 72.4 cm³/mol. The quantitative estimate of drug-likeness (QED) is 0.754. The second kappa shape index (κ2) is 5.73. The van der Waals surface area contributed by atoms with E-state index in [1.54, 1.807) is 18.2 Å². The molecule has 6 nitrogen and oxygen atoms in total. The van der Waals surface area contributed by atoms with Crippen molar-refractivity contribution in [2.24, 2.45) is 5.92 Å². The van der Waals surface area contributed by atoms with Crippen molar-refractivity contribution in [1.29, 1.82) is 0 Å². The second-order valence-electron chi connectivity index (χ2n) is 4.88. The molecule has 2 rings (SSSR count). The SMILES string of the molecule is CC(NC(=O)c1cccc(NC(=O)C2CC2)c1)C(=O)O. The number of benzene rings is 1. The van der Waals surface area contributed by atoms with Crippen molar-refractivity contribution in [3.63, 3.8) is 0 Å². The van der Waals surface area contributed by atoms with Gasteiger partial charge in [0.1, 0.15) is 6.04 Å². The van der Waals surface area contributed by atoms with Gasteiger partial charge in [0.2, 0.25) is 5.91 Å². The zero-order valence-electron chi connectivity index (χ0n) is 11.1. The van der Waals surface area contributed by atoms with Crippen LogP contribution in [0.25, 0.3) is 0 Å². The van der Waals surface area contributed by atoms with Gasteiger partial charge in [0, 0.05) is 17.2 Å². The zero-order valence-corrected chi connectivity index (χ0v) is 11.1. The number of anilines is 1. The molecule has 20 heavy (non-hydrogen) atoms. The van der Waals surface area contributed by atoms with Crippen LogP contribution in [0, 0.1) is 5.92 Å². The van der Waals surface area contributed by atoms with Gasteiger partial charge in [0.05, 0.1) is 0 Å². The van der Waals surface area contributed by atoms with E-state index in [9.17, 15) is 14.4 Å². The first-order valence-electron chi connectivity index (χ1n) is 6.42. The summed E-state index contributed by atoms with van der Waals surface area (Å²) in [5, 5.41) is 13.8. The molecule has 1 saturated carbocycles. The Bertz CT molecular complexity index is 552. The lowest BCUT2D eigenvalue weighted by Gasteiger charge is -2.10. The average Bonchev–Trinajstić information content (AvgIpc) is 3.23. The third kappa shape index (κ3) is 3.57. The van der Waals surface area contributed by atoms with Crippen LogP contribution >= 0.6 is 0 Å². The van der Waals surface area contributed by atoms with E-state index < -0.39 is 17.9 Å². The lowest BCUT2D eigenvalue weighted by molar-refractivity contribution is -0.138. The van der Waals surface area contributed by atoms with Gasteiger partial charge in [-0.2, -0.15) is 0 Å². The monoisotopic (exact) mass is 276 g/mol. The standard InChI is InChI=1S/C14H16N2O4/c1-8(14(19)20)15-13(18)10-3-2-4-11(7-10)16-12(17)9-5-6-9/h2-4,7-9H,5-6H2,1H3,(H,15,18)(H,16,17)(H,19,20). The Morgan fingerprint density at radius 2 is 2.00 bits per heavy atom. The maximum absolute atomic E-state index is 11.9. The van der Waals surface area contributed by atoms with Crippen LogP contribution in [0.4, 0.5) is 5.69 Å². The summed E-state index contributed by atoms with van der Waals surface area (Å²) in [5.74, 6) is -1.54. The van der Waals surface area contributed by atoms with Crippen molar-refractivity contribution in [2.45, 2.75) is 25.8 Å². The first kappa shape index (κ1) is 14.0. The minimum absolute atomic E-state index is 0.0403. The molecular weight excluding hydrogens is 260 g/mol. The van der Waals surface area contributed by atoms with E-state index in [2.05, 4.69) is 10.6 Å². The molecule has 106 valence electrons. The fourth-order valence-corrected chi connectivity index (χ4v) is 1.67. The number of carboxylic acids is 1. The van der Waals surface area contributed by atoms with Gasteiger partial charge in [0.25, 0.3) is 5.91 Å². The molecule has 0 bridgehead atoms. The number of carboxylic acid groups (broad SMARTS) is 1. The molecule has 0 spiro atoms. The molecular formula is C14H16N2O4. The van der Waals surface area contributed by atoms with E-state index in [-0.39, 0.29) is 11.8 Å². The van der Waals surface area contributed by atoms with Crippen molar-refractivity contribution in [3.05, 3.63) is 29.8 Å². The lowest BCUT2D eigenvalue weighted by Crippen LogP contribution is -2.38. The normalized spacial score (nSPS) is 15.2. The Hall–Kier alpha value is -2.37. The fraction of sp³-hybridized carbons (Fsp3) is 0.357. The molecule has 0 saturated heterocycles. The van der Waals surface area contributed by atoms with Gasteiger partial charge in [-0.3, -0.25) is 14.4 Å². The van der Waals surface area contributed by atoms with Gasteiger partial charge in [-0.25, -0.2) is 0 Å². The van der Waals surface area contributed by atoms with Crippen molar-refractivity contribution in [1.82, 2.24) is 5.32 Å². The maximum atomic E-state index is 11.9. The number of carbonyl (C=O) groups is 3. The first-order chi connectivity index (χ1) is 9.47. The summed E-state index contributed by atoms with van der Waals surface area (Å²) in [7, 11) is 0. The van der Waals surface area contributed by atoms with Gasteiger partial charge in [-0.15, -0.1) is 0 Å². The Balaban J connectivity index is 2.02. The number of carbonyl (C=O) groups excluding carboxylic acids is 2. The molecule has 1 aromatic rings. The Kier molecular flexibility index (Phi) is 4.02. The van der Waals surface area contributed by atoms with E-state index in [0.29, 0.717) is 11.3 Å². The van der Waals surface area contributed by atoms with E-state index in [1.807, 2.05) is 0 Å². The minimum atomic E-state index is -1.10. The summed E-state index contributed by atoms with van der Waals surface area (Å²) < 4.78 is 0. The van der Waals surface area contributed by atoms with Gasteiger partial charge in [-0.1, -0.05) is 6.07 Å². The second-order valence-corrected chi connectivity index (χ2v) is 4.88. The lowest BCUT2D eigenvalue weighted by atomic mass is 10.1. The molecule has 3 N–H and O–H groups in total. The van der Waals surface area contributed by atoms with Crippen LogP contribution in [-0.4, -0.2) is 28.9 Å².